The highest BCUT2D eigenvalue weighted by Crippen LogP contribution is 2.42. The van der Waals surface area contributed by atoms with Gasteiger partial charge >= 0.3 is 0 Å². The van der Waals surface area contributed by atoms with E-state index in [0.29, 0.717) is 11.7 Å². The van der Waals surface area contributed by atoms with Crippen LogP contribution in [0.4, 0.5) is 5.69 Å². The lowest BCUT2D eigenvalue weighted by atomic mass is 10.0. The number of hydrogen-bond donors (Lipinski definition) is 1. The zero-order valence-corrected chi connectivity index (χ0v) is 18.4. The summed E-state index contributed by atoms with van der Waals surface area (Å²) in [5.41, 5.74) is 4.08. The molecule has 1 aliphatic heterocycles. The predicted octanol–water partition coefficient (Wildman–Crippen LogP) is 4.51. The third-order valence-electron chi connectivity index (χ3n) is 5.67. The maximum Gasteiger partial charge on any atom is 0.174 e. The molecule has 1 aromatic carbocycles. The molecule has 1 aliphatic rings. The Bertz CT molecular complexity index is 1190. The second-order valence-electron chi connectivity index (χ2n) is 7.58. The van der Waals surface area contributed by atoms with Gasteiger partial charge in [0.15, 0.2) is 5.11 Å². The van der Waals surface area contributed by atoms with Crippen molar-refractivity contribution in [3.8, 4) is 5.75 Å². The number of aromatic nitrogens is 3. The Morgan fingerprint density at radius 3 is 2.41 bits per heavy atom. The molecule has 2 atom stereocenters. The number of anilines is 1. The number of hydrogen-bond acceptors (Lipinski definition) is 4. The van der Waals surface area contributed by atoms with Crippen LogP contribution in [0.2, 0.25) is 0 Å². The standard InChI is InChI=1S/C25H23N5OS/c1-31-20-12-10-19(11-13-20)30-24(23(28-25(30)32)21-8-3-5-15-27-21)22-9-6-16-29(22)17-18-7-2-4-14-26-18/h2-16,23-24H,17H2,1H3,(H,28,32). The number of pyridine rings is 2. The maximum atomic E-state index is 5.82. The lowest BCUT2D eigenvalue weighted by Gasteiger charge is -2.29. The average molecular weight is 442 g/mol. The molecule has 0 amide bonds. The molecule has 0 spiro atoms. The Kier molecular flexibility index (Phi) is 5.56. The first-order valence-electron chi connectivity index (χ1n) is 10.4. The van der Waals surface area contributed by atoms with Crippen LogP contribution in [0.15, 0.2) is 91.4 Å². The molecule has 7 heteroatoms. The van der Waals surface area contributed by atoms with Gasteiger partial charge in [-0.25, -0.2) is 0 Å². The van der Waals surface area contributed by atoms with E-state index in [2.05, 4.69) is 43.1 Å². The lowest BCUT2D eigenvalue weighted by molar-refractivity contribution is 0.415. The van der Waals surface area contributed by atoms with Gasteiger partial charge in [0, 0.05) is 30.0 Å². The van der Waals surface area contributed by atoms with Crippen molar-refractivity contribution in [2.75, 3.05) is 12.0 Å². The highest BCUT2D eigenvalue weighted by atomic mass is 32.1. The second-order valence-corrected chi connectivity index (χ2v) is 7.96. The minimum Gasteiger partial charge on any atom is -0.497 e. The van der Waals surface area contributed by atoms with E-state index in [1.54, 1.807) is 7.11 Å². The summed E-state index contributed by atoms with van der Waals surface area (Å²) in [5, 5.41) is 4.18. The van der Waals surface area contributed by atoms with Gasteiger partial charge in [-0.1, -0.05) is 12.1 Å². The molecule has 1 saturated heterocycles. The largest absolute Gasteiger partial charge is 0.497 e. The monoisotopic (exact) mass is 441 g/mol. The fourth-order valence-electron chi connectivity index (χ4n) is 4.18. The van der Waals surface area contributed by atoms with Crippen molar-refractivity contribution in [1.29, 1.82) is 0 Å². The third-order valence-corrected chi connectivity index (χ3v) is 5.99. The fraction of sp³-hybridized carbons (Fsp3) is 0.160. The van der Waals surface area contributed by atoms with Crippen LogP contribution in [0, 0.1) is 0 Å². The summed E-state index contributed by atoms with van der Waals surface area (Å²) in [7, 11) is 1.67. The van der Waals surface area contributed by atoms with E-state index in [-0.39, 0.29) is 12.1 Å². The molecule has 5 rings (SSSR count). The summed E-state index contributed by atoms with van der Waals surface area (Å²) < 4.78 is 7.58. The summed E-state index contributed by atoms with van der Waals surface area (Å²) in [6.07, 6.45) is 5.73. The van der Waals surface area contributed by atoms with Crippen LogP contribution in [-0.4, -0.2) is 26.8 Å². The maximum absolute atomic E-state index is 5.82. The van der Waals surface area contributed by atoms with Crippen LogP contribution in [0.25, 0.3) is 0 Å². The Morgan fingerprint density at radius 1 is 0.938 bits per heavy atom. The normalized spacial score (nSPS) is 17.9. The van der Waals surface area contributed by atoms with Gasteiger partial charge in [-0.3, -0.25) is 9.97 Å². The number of benzene rings is 1. The molecule has 4 heterocycles. The van der Waals surface area contributed by atoms with Crippen molar-refractivity contribution in [2.24, 2.45) is 0 Å². The van der Waals surface area contributed by atoms with Crippen molar-refractivity contribution < 1.29 is 4.74 Å². The van der Waals surface area contributed by atoms with Crippen molar-refractivity contribution in [3.63, 3.8) is 0 Å². The topological polar surface area (TPSA) is 55.2 Å². The van der Waals surface area contributed by atoms with Crippen molar-refractivity contribution in [3.05, 3.63) is 108 Å². The molecule has 1 N–H and O–H groups in total. The smallest absolute Gasteiger partial charge is 0.174 e. The fourth-order valence-corrected chi connectivity index (χ4v) is 4.53. The Morgan fingerprint density at radius 2 is 1.72 bits per heavy atom. The molecule has 1 fully saturated rings. The molecule has 32 heavy (non-hydrogen) atoms. The van der Waals surface area contributed by atoms with Crippen molar-refractivity contribution >= 4 is 23.0 Å². The number of nitrogens with one attached hydrogen (secondary N) is 1. The lowest BCUT2D eigenvalue weighted by Crippen LogP contribution is -2.30. The van der Waals surface area contributed by atoms with Gasteiger partial charge in [-0.15, -0.1) is 0 Å². The zero-order valence-electron chi connectivity index (χ0n) is 17.6. The van der Waals surface area contributed by atoms with E-state index in [1.807, 2.05) is 73.1 Å². The second kappa shape index (κ2) is 8.80. The first kappa shape index (κ1) is 20.2. The molecule has 0 saturated carbocycles. The quantitative estimate of drug-likeness (QED) is 0.444. The SMILES string of the molecule is COc1ccc(N2C(=S)NC(c3ccccn3)C2c2cccn2Cc2ccccn2)cc1. The molecule has 0 aliphatic carbocycles. The Labute approximate surface area is 192 Å². The van der Waals surface area contributed by atoms with Crippen LogP contribution in [0.5, 0.6) is 5.75 Å². The van der Waals surface area contributed by atoms with Gasteiger partial charge in [-0.2, -0.15) is 0 Å². The first-order valence-corrected chi connectivity index (χ1v) is 10.8. The molecular weight excluding hydrogens is 418 g/mol. The number of methoxy groups -OCH3 is 1. The first-order chi connectivity index (χ1) is 15.7. The molecular formula is C25H23N5OS. The minimum atomic E-state index is -0.0943. The summed E-state index contributed by atoms with van der Waals surface area (Å²) in [6, 6.07) is 24.0. The molecule has 0 bridgehead atoms. The molecule has 4 aromatic rings. The minimum absolute atomic E-state index is 0.0792. The molecule has 6 nitrogen and oxygen atoms in total. The summed E-state index contributed by atoms with van der Waals surface area (Å²) in [5.74, 6) is 0.808. The Balaban J connectivity index is 1.59. The van der Waals surface area contributed by atoms with Gasteiger partial charge in [0.05, 0.1) is 31.1 Å². The van der Waals surface area contributed by atoms with Gasteiger partial charge in [0.2, 0.25) is 0 Å². The predicted molar refractivity (Wildman–Crippen MR) is 129 cm³/mol. The summed E-state index contributed by atoms with van der Waals surface area (Å²) in [4.78, 5) is 11.3. The van der Waals surface area contributed by atoms with Crippen molar-refractivity contribution in [1.82, 2.24) is 19.9 Å². The van der Waals surface area contributed by atoms with Crippen LogP contribution >= 0.6 is 12.2 Å². The summed E-state index contributed by atoms with van der Waals surface area (Å²) in [6.45, 7) is 0.678. The highest BCUT2D eigenvalue weighted by Gasteiger charge is 2.42. The van der Waals surface area contributed by atoms with Gasteiger partial charge in [0.1, 0.15) is 11.8 Å². The van der Waals surface area contributed by atoms with Crippen LogP contribution in [0.1, 0.15) is 29.2 Å². The Hall–Kier alpha value is -3.71. The summed E-state index contributed by atoms with van der Waals surface area (Å²) >= 11 is 5.82. The number of nitrogens with zero attached hydrogens (tertiary/aromatic N) is 4. The zero-order chi connectivity index (χ0) is 21.9. The van der Waals surface area contributed by atoms with Crippen LogP contribution in [0.3, 0.4) is 0 Å². The van der Waals surface area contributed by atoms with E-state index >= 15 is 0 Å². The number of thiocarbonyl (C=S) groups is 1. The highest BCUT2D eigenvalue weighted by molar-refractivity contribution is 7.80. The van der Waals surface area contributed by atoms with Gasteiger partial charge in [-0.05, 0) is 72.9 Å². The van der Waals surface area contributed by atoms with Crippen LogP contribution in [-0.2, 0) is 6.54 Å². The molecule has 0 radical (unpaired) electrons. The average Bonchev–Trinajstić information content (AvgIpc) is 3.44. The van der Waals surface area contributed by atoms with Gasteiger partial charge in [0.25, 0.3) is 0 Å². The molecule has 2 unspecified atom stereocenters. The van der Waals surface area contributed by atoms with Crippen molar-refractivity contribution in [2.45, 2.75) is 18.6 Å². The van der Waals surface area contributed by atoms with Crippen LogP contribution < -0.4 is 15.0 Å². The van der Waals surface area contributed by atoms with E-state index in [9.17, 15) is 0 Å². The van der Waals surface area contributed by atoms with Gasteiger partial charge < -0.3 is 19.5 Å². The van der Waals surface area contributed by atoms with E-state index < -0.39 is 0 Å². The van der Waals surface area contributed by atoms with E-state index in [1.165, 1.54) is 0 Å². The van der Waals surface area contributed by atoms with E-state index in [4.69, 9.17) is 17.0 Å². The van der Waals surface area contributed by atoms with E-state index in [0.717, 1.165) is 28.5 Å². The number of rotatable bonds is 6. The number of ether oxygens (including phenoxy) is 1. The molecule has 3 aromatic heterocycles. The molecule has 160 valence electrons. The third kappa shape index (κ3) is 3.83.